The topological polar surface area (TPSA) is 86.7 Å². The summed E-state index contributed by atoms with van der Waals surface area (Å²) in [4.78, 5) is 8.91. The zero-order valence-electron chi connectivity index (χ0n) is 14.4. The molecule has 1 aliphatic rings. The predicted octanol–water partition coefficient (Wildman–Crippen LogP) is 3.32. The Labute approximate surface area is 153 Å². The Morgan fingerprint density at radius 1 is 1.22 bits per heavy atom. The van der Waals surface area contributed by atoms with Gasteiger partial charge in [0.15, 0.2) is 23.6 Å². The predicted molar refractivity (Wildman–Crippen MR) is 97.4 cm³/mol. The van der Waals surface area contributed by atoms with Crippen molar-refractivity contribution in [2.45, 2.75) is 19.7 Å². The molecule has 0 saturated heterocycles. The van der Waals surface area contributed by atoms with E-state index >= 15 is 0 Å². The van der Waals surface area contributed by atoms with E-state index in [1.54, 1.807) is 29.7 Å². The molecule has 4 rings (SSSR count). The molecular formula is C18H17F2N5O2. The fourth-order valence-electron chi connectivity index (χ4n) is 3.15. The number of nitrogens with two attached hydrogens (primary N) is 1. The van der Waals surface area contributed by atoms with Gasteiger partial charge in [-0.3, -0.25) is 9.88 Å². The second-order valence-electron chi connectivity index (χ2n) is 5.79. The molecule has 0 spiro atoms. The molecule has 9 heteroatoms. The average Bonchev–Trinajstić information content (AvgIpc) is 3.00. The highest BCUT2D eigenvalue weighted by Crippen LogP contribution is 2.41. The number of anilines is 1. The maximum atomic E-state index is 13.1. The Kier molecular flexibility index (Phi) is 4.27. The van der Waals surface area contributed by atoms with Gasteiger partial charge in [0, 0.05) is 5.56 Å². The van der Waals surface area contributed by atoms with Crippen molar-refractivity contribution in [2.75, 3.05) is 11.9 Å². The number of fused-ring (bicyclic) bond motifs is 3. The first-order chi connectivity index (χ1) is 13.1. The summed E-state index contributed by atoms with van der Waals surface area (Å²) in [6.45, 7) is -0.937. The number of halogens is 2. The van der Waals surface area contributed by atoms with Crippen molar-refractivity contribution in [3.8, 4) is 11.5 Å². The smallest absolute Gasteiger partial charge is 0.387 e. The number of alkyl halides is 2. The molecule has 3 aromatic rings. The number of guanidine groups is 1. The Hall–Kier alpha value is -3.36. The fraction of sp³-hybridized carbons (Fsp3) is 0.222. The molecule has 0 saturated carbocycles. The second kappa shape index (κ2) is 6.75. The lowest BCUT2D eigenvalue weighted by molar-refractivity contribution is -0.0523. The van der Waals surface area contributed by atoms with Gasteiger partial charge >= 0.3 is 6.61 Å². The Bertz CT molecular complexity index is 1020. The molecule has 0 unspecified atom stereocenters. The van der Waals surface area contributed by atoms with Gasteiger partial charge in [0.25, 0.3) is 0 Å². The SMILES string of the molecule is CCOc1cccc([C@H]2N=C(N)Nc3nc4ccccc4n32)c1OC(F)F. The van der Waals surface area contributed by atoms with Gasteiger partial charge in [0.05, 0.1) is 17.6 Å². The zero-order chi connectivity index (χ0) is 19.0. The van der Waals surface area contributed by atoms with Crippen molar-refractivity contribution in [1.82, 2.24) is 9.55 Å². The number of nitrogens with zero attached hydrogens (tertiary/aromatic N) is 3. The highest BCUT2D eigenvalue weighted by molar-refractivity contribution is 5.94. The summed E-state index contributed by atoms with van der Waals surface area (Å²) < 4.78 is 38.2. The summed E-state index contributed by atoms with van der Waals surface area (Å²) in [6, 6.07) is 12.4. The van der Waals surface area contributed by atoms with Crippen LogP contribution >= 0.6 is 0 Å². The molecule has 2 aromatic carbocycles. The summed E-state index contributed by atoms with van der Waals surface area (Å²) in [6.07, 6.45) is -0.734. The number of nitrogens with one attached hydrogen (secondary N) is 1. The van der Waals surface area contributed by atoms with Crippen molar-refractivity contribution in [3.63, 3.8) is 0 Å². The van der Waals surface area contributed by atoms with Gasteiger partial charge in [0.2, 0.25) is 5.95 Å². The highest BCUT2D eigenvalue weighted by Gasteiger charge is 2.29. The van der Waals surface area contributed by atoms with Gasteiger partial charge in [-0.2, -0.15) is 8.78 Å². The van der Waals surface area contributed by atoms with E-state index in [-0.39, 0.29) is 17.5 Å². The van der Waals surface area contributed by atoms with Gasteiger partial charge in [-0.15, -0.1) is 0 Å². The van der Waals surface area contributed by atoms with Crippen LogP contribution in [0, 0.1) is 0 Å². The molecule has 0 radical (unpaired) electrons. The van der Waals surface area contributed by atoms with Gasteiger partial charge < -0.3 is 15.2 Å². The number of hydrogen-bond donors (Lipinski definition) is 2. The molecular weight excluding hydrogens is 356 g/mol. The Morgan fingerprint density at radius 2 is 2.04 bits per heavy atom. The van der Waals surface area contributed by atoms with Crippen molar-refractivity contribution in [3.05, 3.63) is 48.0 Å². The van der Waals surface area contributed by atoms with Crippen LogP contribution in [0.1, 0.15) is 18.7 Å². The van der Waals surface area contributed by atoms with Crippen LogP contribution in [0.3, 0.4) is 0 Å². The number of aromatic nitrogens is 2. The first kappa shape index (κ1) is 17.1. The standard InChI is InChI=1S/C18H17F2N5O2/c1-2-26-13-9-5-6-10(14(13)27-16(19)20)15-23-17(21)24-18-22-11-7-3-4-8-12(11)25(15)18/h3-9,15-16H,2H2,1H3,(H3,21,22,23,24)/t15-/m0/s1. The van der Waals surface area contributed by atoms with E-state index in [4.69, 9.17) is 15.2 Å². The van der Waals surface area contributed by atoms with Crippen molar-refractivity contribution in [2.24, 2.45) is 10.7 Å². The molecule has 0 aliphatic carbocycles. The number of aliphatic imine (C=N–C) groups is 1. The van der Waals surface area contributed by atoms with Gasteiger partial charge in [-0.05, 0) is 25.1 Å². The minimum absolute atomic E-state index is 0.0680. The van der Waals surface area contributed by atoms with Crippen molar-refractivity contribution >= 4 is 22.9 Å². The van der Waals surface area contributed by atoms with Crippen LogP contribution in [0.25, 0.3) is 11.0 Å². The Morgan fingerprint density at radius 3 is 2.81 bits per heavy atom. The lowest BCUT2D eigenvalue weighted by atomic mass is 10.1. The number of imidazole rings is 1. The van der Waals surface area contributed by atoms with E-state index in [0.717, 1.165) is 11.0 Å². The van der Waals surface area contributed by atoms with Crippen LogP contribution < -0.4 is 20.5 Å². The van der Waals surface area contributed by atoms with E-state index in [9.17, 15) is 8.78 Å². The zero-order valence-corrected chi connectivity index (χ0v) is 14.4. The van der Waals surface area contributed by atoms with Crippen LogP contribution in [0.15, 0.2) is 47.5 Å². The monoisotopic (exact) mass is 373 g/mol. The van der Waals surface area contributed by atoms with Gasteiger partial charge in [0.1, 0.15) is 0 Å². The minimum atomic E-state index is -3.01. The van der Waals surface area contributed by atoms with E-state index in [2.05, 4.69) is 15.3 Å². The third-order valence-electron chi connectivity index (χ3n) is 4.14. The molecule has 0 amide bonds. The third kappa shape index (κ3) is 3.01. The molecule has 2 heterocycles. The lowest BCUT2D eigenvalue weighted by Gasteiger charge is -2.26. The largest absolute Gasteiger partial charge is 0.490 e. The van der Waals surface area contributed by atoms with E-state index < -0.39 is 12.8 Å². The number of hydrogen-bond acceptors (Lipinski definition) is 6. The average molecular weight is 373 g/mol. The summed E-state index contributed by atoms with van der Waals surface area (Å²) >= 11 is 0. The second-order valence-corrected chi connectivity index (χ2v) is 5.79. The van der Waals surface area contributed by atoms with Crippen LogP contribution in [0.4, 0.5) is 14.7 Å². The maximum absolute atomic E-state index is 13.1. The number of benzene rings is 2. The van der Waals surface area contributed by atoms with E-state index in [0.29, 0.717) is 18.1 Å². The molecule has 1 aromatic heterocycles. The minimum Gasteiger partial charge on any atom is -0.490 e. The lowest BCUT2D eigenvalue weighted by Crippen LogP contribution is -2.31. The van der Waals surface area contributed by atoms with Crippen LogP contribution in [0.5, 0.6) is 11.5 Å². The molecule has 1 atom stereocenters. The fourth-order valence-corrected chi connectivity index (χ4v) is 3.15. The first-order valence-electron chi connectivity index (χ1n) is 8.36. The first-order valence-corrected chi connectivity index (χ1v) is 8.36. The van der Waals surface area contributed by atoms with Crippen LogP contribution in [0.2, 0.25) is 0 Å². The number of para-hydroxylation sites is 3. The quantitative estimate of drug-likeness (QED) is 0.716. The third-order valence-corrected chi connectivity index (χ3v) is 4.14. The summed E-state index contributed by atoms with van der Waals surface area (Å²) in [7, 11) is 0. The van der Waals surface area contributed by atoms with Gasteiger partial charge in [-0.25, -0.2) is 9.98 Å². The highest BCUT2D eigenvalue weighted by atomic mass is 19.3. The normalized spacial score (nSPS) is 16.0. The molecule has 7 nitrogen and oxygen atoms in total. The Balaban J connectivity index is 1.93. The van der Waals surface area contributed by atoms with E-state index in [1.807, 2.05) is 24.3 Å². The number of rotatable bonds is 5. The molecule has 27 heavy (non-hydrogen) atoms. The molecule has 1 aliphatic heterocycles. The maximum Gasteiger partial charge on any atom is 0.387 e. The number of ether oxygens (including phenoxy) is 2. The summed E-state index contributed by atoms with van der Waals surface area (Å²) in [5.41, 5.74) is 7.82. The van der Waals surface area contributed by atoms with Crippen molar-refractivity contribution < 1.29 is 18.3 Å². The molecule has 0 bridgehead atoms. The van der Waals surface area contributed by atoms with Crippen LogP contribution in [-0.2, 0) is 0 Å². The van der Waals surface area contributed by atoms with E-state index in [1.165, 1.54) is 0 Å². The summed E-state index contributed by atoms with van der Waals surface area (Å²) in [5.74, 6) is 0.751. The van der Waals surface area contributed by atoms with Gasteiger partial charge in [-0.1, -0.05) is 24.3 Å². The molecule has 3 N–H and O–H groups in total. The molecule has 0 fully saturated rings. The summed E-state index contributed by atoms with van der Waals surface area (Å²) in [5, 5.41) is 2.91. The van der Waals surface area contributed by atoms with Crippen LogP contribution in [-0.4, -0.2) is 28.7 Å². The molecule has 140 valence electrons. The van der Waals surface area contributed by atoms with Crippen molar-refractivity contribution in [1.29, 1.82) is 0 Å².